The molecule has 1 atom stereocenters. The fraction of sp³-hybridized carbons (Fsp3) is 0.462. The summed E-state index contributed by atoms with van der Waals surface area (Å²) in [6, 6.07) is 8.33. The number of rotatable bonds is 3. The quantitative estimate of drug-likeness (QED) is 0.717. The Labute approximate surface area is 94.7 Å². The standard InChI is InChI=1S/C13H18NP/c1-4-13(2,3)8-10-5-6-12(15)11(7-10)9-14/h5-7H,4,8,15H2,1-3H3. The van der Waals surface area contributed by atoms with Gasteiger partial charge in [0.1, 0.15) is 0 Å². The summed E-state index contributed by atoms with van der Waals surface area (Å²) >= 11 is 0. The van der Waals surface area contributed by atoms with Crippen LogP contribution in [-0.2, 0) is 6.42 Å². The van der Waals surface area contributed by atoms with E-state index in [1.54, 1.807) is 0 Å². The van der Waals surface area contributed by atoms with Gasteiger partial charge in [0, 0.05) is 0 Å². The maximum absolute atomic E-state index is 8.94. The molecule has 1 aromatic carbocycles. The van der Waals surface area contributed by atoms with Crippen LogP contribution in [0.1, 0.15) is 38.3 Å². The SMILES string of the molecule is CCC(C)(C)Cc1ccc(P)c(C#N)c1. The van der Waals surface area contributed by atoms with E-state index in [0.29, 0.717) is 5.41 Å². The van der Waals surface area contributed by atoms with E-state index in [1.807, 2.05) is 12.1 Å². The maximum atomic E-state index is 8.94. The molecule has 0 aliphatic rings. The van der Waals surface area contributed by atoms with Crippen LogP contribution in [0.25, 0.3) is 0 Å². The summed E-state index contributed by atoms with van der Waals surface area (Å²) < 4.78 is 0. The van der Waals surface area contributed by atoms with Crippen molar-refractivity contribution in [2.75, 3.05) is 0 Å². The minimum absolute atomic E-state index is 0.315. The van der Waals surface area contributed by atoms with Crippen LogP contribution < -0.4 is 5.30 Å². The highest BCUT2D eigenvalue weighted by atomic mass is 31.0. The molecule has 0 N–H and O–H groups in total. The normalized spacial score (nSPS) is 11.1. The second kappa shape index (κ2) is 4.77. The van der Waals surface area contributed by atoms with Gasteiger partial charge in [0.2, 0.25) is 0 Å². The summed E-state index contributed by atoms with van der Waals surface area (Å²) in [5.74, 6) is 0. The minimum atomic E-state index is 0.315. The minimum Gasteiger partial charge on any atom is -0.192 e. The van der Waals surface area contributed by atoms with Crippen LogP contribution in [-0.4, -0.2) is 0 Å². The molecule has 0 fully saturated rings. The van der Waals surface area contributed by atoms with Crippen molar-refractivity contribution in [3.8, 4) is 6.07 Å². The molecule has 0 amide bonds. The Hall–Kier alpha value is -0.860. The second-order valence-electron chi connectivity index (χ2n) is 4.73. The van der Waals surface area contributed by atoms with Gasteiger partial charge in [-0.25, -0.2) is 0 Å². The Morgan fingerprint density at radius 3 is 2.60 bits per heavy atom. The summed E-state index contributed by atoms with van der Waals surface area (Å²) in [5.41, 5.74) is 2.34. The van der Waals surface area contributed by atoms with Crippen LogP contribution in [0.5, 0.6) is 0 Å². The molecule has 0 aliphatic heterocycles. The Kier molecular flexibility index (Phi) is 3.89. The molecule has 0 saturated heterocycles. The van der Waals surface area contributed by atoms with Gasteiger partial charge in [-0.3, -0.25) is 0 Å². The first-order valence-electron chi connectivity index (χ1n) is 5.27. The monoisotopic (exact) mass is 219 g/mol. The molecule has 1 rings (SSSR count). The predicted octanol–water partition coefficient (Wildman–Crippen LogP) is 3.04. The van der Waals surface area contributed by atoms with E-state index in [1.165, 1.54) is 5.56 Å². The summed E-state index contributed by atoms with van der Waals surface area (Å²) in [5, 5.41) is 9.92. The van der Waals surface area contributed by atoms with Gasteiger partial charge in [0.15, 0.2) is 0 Å². The Morgan fingerprint density at radius 2 is 2.07 bits per heavy atom. The van der Waals surface area contributed by atoms with Crippen LogP contribution in [0.4, 0.5) is 0 Å². The molecular formula is C13H18NP. The lowest BCUT2D eigenvalue weighted by Crippen LogP contribution is -2.14. The van der Waals surface area contributed by atoms with Crippen molar-refractivity contribution in [2.24, 2.45) is 5.41 Å². The van der Waals surface area contributed by atoms with E-state index >= 15 is 0 Å². The van der Waals surface area contributed by atoms with Crippen molar-refractivity contribution in [3.63, 3.8) is 0 Å². The Bertz CT molecular complexity index is 388. The number of hydrogen-bond acceptors (Lipinski definition) is 1. The van der Waals surface area contributed by atoms with E-state index in [4.69, 9.17) is 5.26 Å². The van der Waals surface area contributed by atoms with Crippen molar-refractivity contribution in [3.05, 3.63) is 29.3 Å². The van der Waals surface area contributed by atoms with E-state index in [0.717, 1.165) is 23.7 Å². The molecule has 1 aromatic rings. The summed E-state index contributed by atoms with van der Waals surface area (Å²) in [6.07, 6.45) is 2.18. The van der Waals surface area contributed by atoms with E-state index in [9.17, 15) is 0 Å². The second-order valence-corrected chi connectivity index (χ2v) is 5.35. The van der Waals surface area contributed by atoms with E-state index in [-0.39, 0.29) is 0 Å². The van der Waals surface area contributed by atoms with Gasteiger partial charge < -0.3 is 0 Å². The van der Waals surface area contributed by atoms with Crippen molar-refractivity contribution < 1.29 is 0 Å². The first-order valence-corrected chi connectivity index (χ1v) is 5.85. The van der Waals surface area contributed by atoms with E-state index in [2.05, 4.69) is 42.1 Å². The third kappa shape index (κ3) is 3.33. The zero-order valence-electron chi connectivity index (χ0n) is 9.67. The predicted molar refractivity (Wildman–Crippen MR) is 68.3 cm³/mol. The number of benzene rings is 1. The molecule has 0 aliphatic carbocycles. The molecule has 0 radical (unpaired) electrons. The fourth-order valence-electron chi connectivity index (χ4n) is 1.49. The molecule has 0 heterocycles. The third-order valence-corrected chi connectivity index (χ3v) is 3.38. The summed E-state index contributed by atoms with van der Waals surface area (Å²) in [4.78, 5) is 0. The largest absolute Gasteiger partial charge is 0.192 e. The van der Waals surface area contributed by atoms with Crippen LogP contribution in [0.2, 0.25) is 0 Å². The molecule has 15 heavy (non-hydrogen) atoms. The van der Waals surface area contributed by atoms with Gasteiger partial charge in [-0.05, 0) is 28.8 Å². The van der Waals surface area contributed by atoms with Gasteiger partial charge in [-0.2, -0.15) is 5.26 Å². The van der Waals surface area contributed by atoms with Gasteiger partial charge in [-0.15, -0.1) is 9.24 Å². The molecule has 0 bridgehead atoms. The molecule has 80 valence electrons. The van der Waals surface area contributed by atoms with Gasteiger partial charge >= 0.3 is 0 Å². The lowest BCUT2D eigenvalue weighted by atomic mass is 9.83. The summed E-state index contributed by atoms with van der Waals surface area (Å²) in [7, 11) is 2.60. The van der Waals surface area contributed by atoms with Crippen LogP contribution in [0.3, 0.4) is 0 Å². The fourth-order valence-corrected chi connectivity index (χ4v) is 1.73. The molecule has 2 heteroatoms. The van der Waals surface area contributed by atoms with Crippen molar-refractivity contribution in [2.45, 2.75) is 33.6 Å². The zero-order chi connectivity index (χ0) is 11.5. The van der Waals surface area contributed by atoms with Crippen LogP contribution >= 0.6 is 9.24 Å². The highest BCUT2D eigenvalue weighted by Gasteiger charge is 2.16. The van der Waals surface area contributed by atoms with Crippen molar-refractivity contribution >= 4 is 14.5 Å². The molecular weight excluding hydrogens is 201 g/mol. The van der Waals surface area contributed by atoms with Crippen molar-refractivity contribution in [1.82, 2.24) is 0 Å². The van der Waals surface area contributed by atoms with Gasteiger partial charge in [0.25, 0.3) is 0 Å². The number of hydrogen-bond donors (Lipinski definition) is 0. The van der Waals surface area contributed by atoms with Crippen LogP contribution in [0.15, 0.2) is 18.2 Å². The first kappa shape index (κ1) is 12.2. The number of nitriles is 1. The lowest BCUT2D eigenvalue weighted by molar-refractivity contribution is 0.349. The Balaban J connectivity index is 2.94. The number of nitrogens with zero attached hydrogens (tertiary/aromatic N) is 1. The average Bonchev–Trinajstić information content (AvgIpc) is 2.20. The molecule has 1 unspecified atom stereocenters. The highest BCUT2D eigenvalue weighted by molar-refractivity contribution is 7.27. The third-order valence-electron chi connectivity index (χ3n) is 2.88. The molecule has 0 aromatic heterocycles. The van der Waals surface area contributed by atoms with Gasteiger partial charge in [0.05, 0.1) is 11.6 Å². The lowest BCUT2D eigenvalue weighted by Gasteiger charge is -2.22. The van der Waals surface area contributed by atoms with Crippen molar-refractivity contribution in [1.29, 1.82) is 5.26 Å². The smallest absolute Gasteiger partial charge is 0.0998 e. The first-order chi connectivity index (χ1) is 6.98. The highest BCUT2D eigenvalue weighted by Crippen LogP contribution is 2.25. The Morgan fingerprint density at radius 1 is 1.40 bits per heavy atom. The topological polar surface area (TPSA) is 23.8 Å². The zero-order valence-corrected chi connectivity index (χ0v) is 10.8. The summed E-state index contributed by atoms with van der Waals surface area (Å²) in [6.45, 7) is 6.72. The van der Waals surface area contributed by atoms with Gasteiger partial charge in [-0.1, -0.05) is 39.3 Å². The molecule has 1 nitrogen and oxygen atoms in total. The molecule has 0 saturated carbocycles. The molecule has 0 spiro atoms. The maximum Gasteiger partial charge on any atom is 0.0998 e. The van der Waals surface area contributed by atoms with Crippen LogP contribution in [0, 0.1) is 16.7 Å². The average molecular weight is 219 g/mol. The van der Waals surface area contributed by atoms with E-state index < -0.39 is 0 Å².